The van der Waals surface area contributed by atoms with Crippen molar-refractivity contribution in [3.63, 3.8) is 0 Å². The number of anilines is 2. The summed E-state index contributed by atoms with van der Waals surface area (Å²) in [6, 6.07) is 13.4. The molecule has 8 nitrogen and oxygen atoms in total. The fourth-order valence-electron chi connectivity index (χ4n) is 2.32. The van der Waals surface area contributed by atoms with E-state index in [1.165, 1.54) is 12.1 Å². The molecular weight excluding hydrogens is 496 g/mol. The summed E-state index contributed by atoms with van der Waals surface area (Å²) in [6.45, 7) is -0.584. The molecule has 0 spiro atoms. The Labute approximate surface area is 184 Å². The highest BCUT2D eigenvalue weighted by molar-refractivity contribution is 9.10. The van der Waals surface area contributed by atoms with Crippen molar-refractivity contribution in [1.29, 1.82) is 0 Å². The van der Waals surface area contributed by atoms with Crippen molar-refractivity contribution in [3.05, 3.63) is 70.0 Å². The van der Waals surface area contributed by atoms with Gasteiger partial charge in [-0.3, -0.25) is 9.52 Å². The van der Waals surface area contributed by atoms with Crippen molar-refractivity contribution in [2.24, 2.45) is 0 Å². The lowest BCUT2D eigenvalue weighted by Crippen LogP contribution is -2.21. The first-order valence-corrected chi connectivity index (χ1v) is 11.5. The Kier molecular flexibility index (Phi) is 6.75. The summed E-state index contributed by atoms with van der Waals surface area (Å²) in [5, 5.41) is 14.1. The molecule has 0 radical (unpaired) electrons. The maximum atomic E-state index is 12.3. The number of amides is 1. The maximum absolute atomic E-state index is 12.3. The third kappa shape index (κ3) is 5.59. The Morgan fingerprint density at radius 1 is 1.07 bits per heavy atom. The summed E-state index contributed by atoms with van der Waals surface area (Å²) in [4.78, 5) is 24.2. The quantitative estimate of drug-likeness (QED) is 0.328. The molecule has 3 aromatic rings. The number of sulfonamides is 1. The fourth-order valence-corrected chi connectivity index (χ4v) is 4.63. The standard InChI is InChI=1S/C19H15BrN2O6S2/c20-12-3-5-13(6-4-12)21-17(24)11-28-19(25)15-10-14(7-8-16(15)23)22-30(26,27)18-2-1-9-29-18/h1-10,22-23H,11H2,(H,21,24). The molecule has 1 heterocycles. The lowest BCUT2D eigenvalue weighted by atomic mass is 10.2. The maximum Gasteiger partial charge on any atom is 0.342 e. The normalized spacial score (nSPS) is 11.0. The number of ether oxygens (including phenoxy) is 1. The first-order chi connectivity index (χ1) is 14.2. The van der Waals surface area contributed by atoms with Gasteiger partial charge in [-0.1, -0.05) is 22.0 Å². The van der Waals surface area contributed by atoms with Crippen LogP contribution in [0.5, 0.6) is 5.75 Å². The van der Waals surface area contributed by atoms with Gasteiger partial charge in [-0.05, 0) is 53.9 Å². The van der Waals surface area contributed by atoms with E-state index in [0.29, 0.717) is 5.69 Å². The van der Waals surface area contributed by atoms with Crippen molar-refractivity contribution in [2.45, 2.75) is 4.21 Å². The predicted molar refractivity (Wildman–Crippen MR) is 116 cm³/mol. The monoisotopic (exact) mass is 510 g/mol. The van der Waals surface area contributed by atoms with Crippen LogP contribution < -0.4 is 10.0 Å². The van der Waals surface area contributed by atoms with Crippen LogP contribution >= 0.6 is 27.3 Å². The molecule has 30 heavy (non-hydrogen) atoms. The molecule has 0 saturated heterocycles. The van der Waals surface area contributed by atoms with Crippen molar-refractivity contribution in [1.82, 2.24) is 0 Å². The van der Waals surface area contributed by atoms with Crippen LogP contribution in [0.25, 0.3) is 0 Å². The average molecular weight is 511 g/mol. The third-order valence-electron chi connectivity index (χ3n) is 3.69. The second-order valence-electron chi connectivity index (χ2n) is 5.90. The number of aromatic hydroxyl groups is 1. The average Bonchev–Trinajstić information content (AvgIpc) is 3.25. The molecule has 3 N–H and O–H groups in total. The van der Waals surface area contributed by atoms with Gasteiger partial charge in [-0.2, -0.15) is 0 Å². The van der Waals surface area contributed by atoms with Gasteiger partial charge in [0.2, 0.25) is 0 Å². The Morgan fingerprint density at radius 3 is 2.43 bits per heavy atom. The van der Waals surface area contributed by atoms with Crippen LogP contribution in [0.4, 0.5) is 11.4 Å². The molecule has 156 valence electrons. The van der Waals surface area contributed by atoms with Crippen LogP contribution in [0, 0.1) is 0 Å². The molecule has 2 aromatic carbocycles. The number of hydrogen-bond acceptors (Lipinski definition) is 7. The van der Waals surface area contributed by atoms with Gasteiger partial charge in [0.15, 0.2) is 6.61 Å². The van der Waals surface area contributed by atoms with Crippen molar-refractivity contribution < 1.29 is 27.9 Å². The molecule has 0 bridgehead atoms. The fraction of sp³-hybridized carbons (Fsp3) is 0.0526. The SMILES string of the molecule is O=C(COC(=O)c1cc(NS(=O)(=O)c2cccs2)ccc1O)Nc1ccc(Br)cc1. The number of halogens is 1. The Bertz CT molecular complexity index is 1160. The molecule has 1 amide bonds. The number of carbonyl (C=O) groups is 2. The lowest BCUT2D eigenvalue weighted by molar-refractivity contribution is -0.119. The second kappa shape index (κ2) is 9.28. The van der Waals surface area contributed by atoms with Crippen molar-refractivity contribution in [2.75, 3.05) is 16.6 Å². The number of rotatable bonds is 7. The Morgan fingerprint density at radius 2 is 1.77 bits per heavy atom. The minimum atomic E-state index is -3.82. The minimum Gasteiger partial charge on any atom is -0.507 e. The summed E-state index contributed by atoms with van der Waals surface area (Å²) in [5.74, 6) is -1.96. The van der Waals surface area contributed by atoms with E-state index in [1.54, 1.807) is 35.7 Å². The predicted octanol–water partition coefficient (Wildman–Crippen LogP) is 3.81. The van der Waals surface area contributed by atoms with E-state index in [1.807, 2.05) is 0 Å². The number of esters is 1. The number of phenolic OH excluding ortho intramolecular Hbond substituents is 1. The van der Waals surface area contributed by atoms with Crippen LogP contribution in [0.2, 0.25) is 0 Å². The molecule has 0 aliphatic heterocycles. The zero-order chi connectivity index (χ0) is 21.7. The van der Waals surface area contributed by atoms with E-state index in [4.69, 9.17) is 4.74 Å². The first-order valence-electron chi connectivity index (χ1n) is 8.36. The van der Waals surface area contributed by atoms with Gasteiger partial charge in [0, 0.05) is 15.8 Å². The van der Waals surface area contributed by atoms with Crippen LogP contribution in [0.15, 0.2) is 68.7 Å². The summed E-state index contributed by atoms with van der Waals surface area (Å²) in [6.07, 6.45) is 0. The Hall–Kier alpha value is -2.89. The van der Waals surface area contributed by atoms with Gasteiger partial charge in [0.25, 0.3) is 15.9 Å². The van der Waals surface area contributed by atoms with E-state index in [-0.39, 0.29) is 15.5 Å². The first kappa shape index (κ1) is 21.8. The summed E-state index contributed by atoms with van der Waals surface area (Å²) in [5.41, 5.74) is 0.303. The van der Waals surface area contributed by atoms with E-state index < -0.39 is 34.3 Å². The van der Waals surface area contributed by atoms with Crippen molar-refractivity contribution in [3.8, 4) is 5.75 Å². The number of benzene rings is 2. The highest BCUT2D eigenvalue weighted by atomic mass is 79.9. The largest absolute Gasteiger partial charge is 0.507 e. The van der Waals surface area contributed by atoms with Gasteiger partial charge in [0.1, 0.15) is 15.5 Å². The summed E-state index contributed by atoms with van der Waals surface area (Å²) >= 11 is 4.32. The molecule has 0 unspecified atom stereocenters. The topological polar surface area (TPSA) is 122 Å². The molecule has 0 fully saturated rings. The van der Waals surface area contributed by atoms with Crippen LogP contribution in [-0.2, 0) is 19.6 Å². The highest BCUT2D eigenvalue weighted by Gasteiger charge is 2.19. The Balaban J connectivity index is 1.64. The van der Waals surface area contributed by atoms with Gasteiger partial charge in [0.05, 0.1) is 0 Å². The molecular formula is C19H15BrN2O6S2. The molecule has 3 rings (SSSR count). The van der Waals surface area contributed by atoms with Crippen molar-refractivity contribution >= 4 is 60.5 Å². The zero-order valence-corrected chi connectivity index (χ0v) is 18.4. The molecule has 0 saturated carbocycles. The zero-order valence-electron chi connectivity index (χ0n) is 15.2. The van der Waals surface area contributed by atoms with Gasteiger partial charge in [-0.15, -0.1) is 11.3 Å². The molecule has 1 aromatic heterocycles. The highest BCUT2D eigenvalue weighted by Crippen LogP contribution is 2.25. The molecule has 0 aliphatic rings. The second-order valence-corrected chi connectivity index (χ2v) is 9.67. The molecule has 0 aliphatic carbocycles. The number of nitrogens with one attached hydrogen (secondary N) is 2. The van der Waals surface area contributed by atoms with Crippen LogP contribution in [0.3, 0.4) is 0 Å². The molecule has 0 atom stereocenters. The van der Waals surface area contributed by atoms with Gasteiger partial charge >= 0.3 is 5.97 Å². The number of hydrogen-bond donors (Lipinski definition) is 3. The van der Waals surface area contributed by atoms with E-state index in [2.05, 4.69) is 26.0 Å². The van der Waals surface area contributed by atoms with E-state index in [0.717, 1.165) is 27.9 Å². The smallest absolute Gasteiger partial charge is 0.342 e. The van der Waals surface area contributed by atoms with Crippen LogP contribution in [-0.4, -0.2) is 32.0 Å². The van der Waals surface area contributed by atoms with Gasteiger partial charge in [-0.25, -0.2) is 13.2 Å². The lowest BCUT2D eigenvalue weighted by Gasteiger charge is -2.10. The third-order valence-corrected chi connectivity index (χ3v) is 7.00. The summed E-state index contributed by atoms with van der Waals surface area (Å²) < 4.78 is 32.8. The van der Waals surface area contributed by atoms with Gasteiger partial charge < -0.3 is 15.2 Å². The van der Waals surface area contributed by atoms with E-state index in [9.17, 15) is 23.1 Å². The minimum absolute atomic E-state index is 0.0625. The number of carbonyl (C=O) groups excluding carboxylic acids is 2. The number of phenols is 1. The molecule has 11 heteroatoms. The summed E-state index contributed by atoms with van der Waals surface area (Å²) in [7, 11) is -3.82. The van der Waals surface area contributed by atoms with Crippen LogP contribution in [0.1, 0.15) is 10.4 Å². The number of thiophene rings is 1. The van der Waals surface area contributed by atoms with E-state index >= 15 is 0 Å².